The number of carbonyl (C=O) groups is 1. The Morgan fingerprint density at radius 2 is 2.25 bits per heavy atom. The Hall–Kier alpha value is -0.420. The molecule has 1 aliphatic rings. The van der Waals surface area contributed by atoms with E-state index in [1.54, 1.807) is 17.8 Å². The van der Waals surface area contributed by atoms with Gasteiger partial charge in [0.05, 0.1) is 10.6 Å². The molecule has 1 aromatic carbocycles. The average molecular weight is 335 g/mol. The lowest BCUT2D eigenvalue weighted by atomic mass is 10.1. The molecule has 0 saturated carbocycles. The number of rotatable bonds is 3. The molecule has 1 aromatic rings. The summed E-state index contributed by atoms with van der Waals surface area (Å²) in [5.41, 5.74) is 6.30. The van der Waals surface area contributed by atoms with Gasteiger partial charge in [-0.05, 0) is 50.3 Å². The largest absolute Gasteiger partial charge is 0.336 e. The first-order valence-corrected chi connectivity index (χ1v) is 8.01. The van der Waals surface area contributed by atoms with Gasteiger partial charge in [-0.15, -0.1) is 24.2 Å². The van der Waals surface area contributed by atoms with Crippen LogP contribution in [0.1, 0.15) is 23.7 Å². The lowest BCUT2D eigenvalue weighted by molar-refractivity contribution is 0.0743. The Morgan fingerprint density at radius 1 is 1.55 bits per heavy atom. The van der Waals surface area contributed by atoms with Gasteiger partial charge in [0.1, 0.15) is 0 Å². The molecule has 112 valence electrons. The Balaban J connectivity index is 0.00000200. The second kappa shape index (κ2) is 7.55. The van der Waals surface area contributed by atoms with Gasteiger partial charge in [-0.3, -0.25) is 4.79 Å². The summed E-state index contributed by atoms with van der Waals surface area (Å²) in [6.07, 6.45) is 2.96. The summed E-state index contributed by atoms with van der Waals surface area (Å²) in [6.45, 7) is 3.43. The van der Waals surface area contributed by atoms with Crippen LogP contribution in [0.15, 0.2) is 23.1 Å². The summed E-state index contributed by atoms with van der Waals surface area (Å²) >= 11 is 7.77. The van der Waals surface area contributed by atoms with Crippen LogP contribution in [0.3, 0.4) is 0 Å². The minimum absolute atomic E-state index is 0. The fourth-order valence-corrected chi connectivity index (χ4v) is 3.18. The predicted molar refractivity (Wildman–Crippen MR) is 88.1 cm³/mol. The van der Waals surface area contributed by atoms with Gasteiger partial charge in [0.25, 0.3) is 5.91 Å². The number of nitrogens with zero attached hydrogens (tertiary/aromatic N) is 1. The molecule has 2 N–H and O–H groups in total. The van der Waals surface area contributed by atoms with Gasteiger partial charge in [0, 0.05) is 17.5 Å². The van der Waals surface area contributed by atoms with Crippen LogP contribution >= 0.6 is 35.8 Å². The molecule has 1 aliphatic heterocycles. The molecule has 0 bridgehead atoms. The van der Waals surface area contributed by atoms with Gasteiger partial charge in [-0.25, -0.2) is 0 Å². The zero-order valence-corrected chi connectivity index (χ0v) is 14.0. The fraction of sp³-hybridized carbons (Fsp3) is 0.500. The molecular weight excluding hydrogens is 315 g/mol. The summed E-state index contributed by atoms with van der Waals surface area (Å²) in [4.78, 5) is 15.5. The summed E-state index contributed by atoms with van der Waals surface area (Å²) in [5, 5.41) is 0.520. The van der Waals surface area contributed by atoms with Crippen LogP contribution in [0.4, 0.5) is 0 Å². The standard InChI is InChI=1S/C14H19ClN2OS.ClH/c1-9-5-10(7-16)8-17(9)14(18)12-6-11(19-2)3-4-13(12)15;/h3-4,6,9-10H,5,7-8,16H2,1-2H3;1H. The lowest BCUT2D eigenvalue weighted by Crippen LogP contribution is -2.34. The first-order valence-electron chi connectivity index (χ1n) is 6.41. The second-order valence-corrected chi connectivity index (χ2v) is 6.28. The number of likely N-dealkylation sites (tertiary alicyclic amines) is 1. The van der Waals surface area contributed by atoms with E-state index < -0.39 is 0 Å². The van der Waals surface area contributed by atoms with Gasteiger partial charge in [-0.1, -0.05) is 11.6 Å². The zero-order valence-electron chi connectivity index (χ0n) is 11.6. The van der Waals surface area contributed by atoms with E-state index in [1.165, 1.54) is 0 Å². The van der Waals surface area contributed by atoms with Crippen LogP contribution in [0, 0.1) is 5.92 Å². The van der Waals surface area contributed by atoms with Gasteiger partial charge in [-0.2, -0.15) is 0 Å². The molecule has 20 heavy (non-hydrogen) atoms. The molecular formula is C14H20Cl2N2OS. The number of hydrogen-bond donors (Lipinski definition) is 1. The van der Waals surface area contributed by atoms with Crippen molar-refractivity contribution in [2.45, 2.75) is 24.3 Å². The highest BCUT2D eigenvalue weighted by Gasteiger charge is 2.32. The monoisotopic (exact) mass is 334 g/mol. The highest BCUT2D eigenvalue weighted by atomic mass is 35.5. The molecule has 0 aromatic heterocycles. The van der Waals surface area contributed by atoms with E-state index in [2.05, 4.69) is 6.92 Å². The summed E-state index contributed by atoms with van der Waals surface area (Å²) in [6, 6.07) is 5.83. The fourth-order valence-electron chi connectivity index (χ4n) is 2.55. The van der Waals surface area contributed by atoms with Gasteiger partial charge >= 0.3 is 0 Å². The number of nitrogens with two attached hydrogens (primary N) is 1. The van der Waals surface area contributed by atoms with Crippen LogP contribution in [-0.2, 0) is 0 Å². The third-order valence-corrected chi connectivity index (χ3v) is 4.71. The maximum Gasteiger partial charge on any atom is 0.255 e. The Kier molecular flexibility index (Phi) is 6.65. The number of benzene rings is 1. The topological polar surface area (TPSA) is 46.3 Å². The number of halogens is 2. The van der Waals surface area contributed by atoms with Gasteiger partial charge in [0.15, 0.2) is 0 Å². The van der Waals surface area contributed by atoms with E-state index in [-0.39, 0.29) is 24.4 Å². The van der Waals surface area contributed by atoms with Crippen LogP contribution < -0.4 is 5.73 Å². The van der Waals surface area contributed by atoms with Crippen molar-refractivity contribution in [3.63, 3.8) is 0 Å². The minimum atomic E-state index is 0. The quantitative estimate of drug-likeness (QED) is 0.862. The van der Waals surface area contributed by atoms with E-state index >= 15 is 0 Å². The van der Waals surface area contributed by atoms with Crippen molar-refractivity contribution >= 4 is 41.7 Å². The molecule has 2 rings (SSSR count). The molecule has 1 amide bonds. The van der Waals surface area contributed by atoms with Crippen molar-refractivity contribution in [1.29, 1.82) is 0 Å². The number of amides is 1. The molecule has 1 saturated heterocycles. The maximum absolute atomic E-state index is 12.6. The molecule has 2 atom stereocenters. The third kappa shape index (κ3) is 3.61. The number of thioether (sulfide) groups is 1. The van der Waals surface area contributed by atoms with Gasteiger partial charge in [0.2, 0.25) is 0 Å². The van der Waals surface area contributed by atoms with Crippen LogP contribution in [0.2, 0.25) is 5.02 Å². The molecule has 0 aliphatic carbocycles. The van der Waals surface area contributed by atoms with Crippen LogP contribution in [0.5, 0.6) is 0 Å². The SMILES string of the molecule is CSc1ccc(Cl)c(C(=O)N2CC(CN)CC2C)c1.Cl. The second-order valence-electron chi connectivity index (χ2n) is 4.99. The normalized spacial score (nSPS) is 21.7. The molecule has 3 nitrogen and oxygen atoms in total. The van der Waals surface area contributed by atoms with Crippen molar-refractivity contribution < 1.29 is 4.79 Å². The van der Waals surface area contributed by atoms with E-state index in [0.717, 1.165) is 17.9 Å². The summed E-state index contributed by atoms with van der Waals surface area (Å²) < 4.78 is 0. The number of hydrogen-bond acceptors (Lipinski definition) is 3. The van der Waals surface area contributed by atoms with Crippen molar-refractivity contribution in [1.82, 2.24) is 4.90 Å². The van der Waals surface area contributed by atoms with E-state index in [4.69, 9.17) is 17.3 Å². The van der Waals surface area contributed by atoms with E-state index in [9.17, 15) is 4.79 Å². The molecule has 1 heterocycles. The molecule has 6 heteroatoms. The third-order valence-electron chi connectivity index (χ3n) is 3.66. The molecule has 1 fully saturated rings. The predicted octanol–water partition coefficient (Wildman–Crippen LogP) is 3.29. The molecule has 0 spiro atoms. The Labute approximate surface area is 135 Å². The average Bonchev–Trinajstić information content (AvgIpc) is 2.80. The highest BCUT2D eigenvalue weighted by Crippen LogP contribution is 2.28. The number of carbonyl (C=O) groups excluding carboxylic acids is 1. The van der Waals surface area contributed by atoms with E-state index in [1.807, 2.05) is 23.3 Å². The summed E-state index contributed by atoms with van der Waals surface area (Å²) in [5.74, 6) is 0.422. The van der Waals surface area contributed by atoms with Crippen molar-refractivity contribution in [2.75, 3.05) is 19.3 Å². The minimum Gasteiger partial charge on any atom is -0.336 e. The first kappa shape index (κ1) is 17.6. The smallest absolute Gasteiger partial charge is 0.255 e. The Bertz CT molecular complexity index is 484. The highest BCUT2D eigenvalue weighted by molar-refractivity contribution is 7.98. The molecule has 2 unspecified atom stereocenters. The summed E-state index contributed by atoms with van der Waals surface area (Å²) in [7, 11) is 0. The Morgan fingerprint density at radius 3 is 2.80 bits per heavy atom. The lowest BCUT2D eigenvalue weighted by Gasteiger charge is -2.22. The van der Waals surface area contributed by atoms with E-state index in [0.29, 0.717) is 23.0 Å². The maximum atomic E-state index is 12.6. The van der Waals surface area contributed by atoms with Gasteiger partial charge < -0.3 is 10.6 Å². The first-order chi connectivity index (χ1) is 9.06. The molecule has 0 radical (unpaired) electrons. The van der Waals surface area contributed by atoms with Crippen molar-refractivity contribution in [3.05, 3.63) is 28.8 Å². The zero-order chi connectivity index (χ0) is 14.0. The van der Waals surface area contributed by atoms with Crippen molar-refractivity contribution in [3.8, 4) is 0 Å². The van der Waals surface area contributed by atoms with Crippen LogP contribution in [-0.4, -0.2) is 36.2 Å². The van der Waals surface area contributed by atoms with Crippen molar-refractivity contribution in [2.24, 2.45) is 11.7 Å². The van der Waals surface area contributed by atoms with Crippen LogP contribution in [0.25, 0.3) is 0 Å².